The number of benzene rings is 2. The van der Waals surface area contributed by atoms with Crippen LogP contribution in [-0.4, -0.2) is 8.42 Å². The number of sulfone groups is 1. The second-order valence-electron chi connectivity index (χ2n) is 6.12. The predicted molar refractivity (Wildman–Crippen MR) is 108 cm³/mol. The van der Waals surface area contributed by atoms with Crippen molar-refractivity contribution in [3.05, 3.63) is 82.4 Å². The molecule has 0 aliphatic rings. The summed E-state index contributed by atoms with van der Waals surface area (Å²) < 4.78 is 41.2. The molecule has 0 N–H and O–H groups in total. The molecule has 29 heavy (non-hydrogen) atoms. The predicted octanol–water partition coefficient (Wildman–Crippen LogP) is 4.70. The van der Waals surface area contributed by atoms with Gasteiger partial charge in [0.2, 0.25) is 9.84 Å². The molecule has 2 heterocycles. The van der Waals surface area contributed by atoms with Crippen LogP contribution in [0.3, 0.4) is 0 Å². The number of rotatable bonds is 3. The molecule has 0 amide bonds. The number of halogens is 2. The zero-order valence-electron chi connectivity index (χ0n) is 14.5. The van der Waals surface area contributed by atoms with E-state index < -0.39 is 15.7 Å². The Hall–Kier alpha value is -2.99. The van der Waals surface area contributed by atoms with Crippen molar-refractivity contribution in [1.29, 1.82) is 5.26 Å². The number of thiophene rings is 1. The summed E-state index contributed by atoms with van der Waals surface area (Å²) in [6, 6.07) is 14.4. The summed E-state index contributed by atoms with van der Waals surface area (Å²) in [6.45, 7) is 0. The quantitative estimate of drug-likeness (QED) is 0.338. The van der Waals surface area contributed by atoms with E-state index in [1.165, 1.54) is 12.3 Å². The Balaban J connectivity index is 2.07. The van der Waals surface area contributed by atoms with Gasteiger partial charge in [0.25, 0.3) is 4.83 Å². The van der Waals surface area contributed by atoms with Crippen molar-refractivity contribution < 1.29 is 17.5 Å². The zero-order valence-corrected chi connectivity index (χ0v) is 16.9. The highest BCUT2D eigenvalue weighted by Crippen LogP contribution is 2.42. The van der Waals surface area contributed by atoms with Gasteiger partial charge in [-0.3, -0.25) is 0 Å². The number of nitrogens with zero attached hydrogens (tertiary/aromatic N) is 2. The van der Waals surface area contributed by atoms with Crippen molar-refractivity contribution in [3.63, 3.8) is 0 Å². The van der Waals surface area contributed by atoms with Gasteiger partial charge >= 0.3 is 0 Å². The van der Waals surface area contributed by atoms with Gasteiger partial charge in [-0.2, -0.15) is 9.99 Å². The Morgan fingerprint density at radius 1 is 1.14 bits per heavy atom. The largest absolute Gasteiger partial charge is 0.618 e. The summed E-state index contributed by atoms with van der Waals surface area (Å²) in [6.07, 6.45) is 1.27. The molecule has 2 aromatic heterocycles. The highest BCUT2D eigenvalue weighted by atomic mass is 35.5. The molecule has 0 fully saturated rings. The van der Waals surface area contributed by atoms with Gasteiger partial charge in [-0.25, -0.2) is 12.8 Å². The fourth-order valence-corrected chi connectivity index (χ4v) is 6.27. The molecule has 144 valence electrons. The molecule has 0 spiro atoms. The van der Waals surface area contributed by atoms with Crippen molar-refractivity contribution in [1.82, 2.24) is 0 Å². The smallest absolute Gasteiger partial charge is 0.282 e. The summed E-state index contributed by atoms with van der Waals surface area (Å²) in [5, 5.41) is 22.2. The van der Waals surface area contributed by atoms with Crippen LogP contribution in [0.15, 0.2) is 69.9 Å². The molecule has 4 aromatic rings. The minimum absolute atomic E-state index is 0.111. The van der Waals surface area contributed by atoms with Crippen molar-refractivity contribution >= 4 is 43.0 Å². The van der Waals surface area contributed by atoms with E-state index in [-0.39, 0.29) is 19.5 Å². The first-order valence-corrected chi connectivity index (χ1v) is 10.9. The van der Waals surface area contributed by atoms with Crippen molar-refractivity contribution in [2.24, 2.45) is 0 Å². The monoisotopic (exact) mass is 444 g/mol. The summed E-state index contributed by atoms with van der Waals surface area (Å²) in [4.78, 5) is -0.152. The van der Waals surface area contributed by atoms with Crippen LogP contribution in [0.2, 0.25) is 5.02 Å². The van der Waals surface area contributed by atoms with Crippen LogP contribution in [0.5, 0.6) is 0 Å². The summed E-state index contributed by atoms with van der Waals surface area (Å²) in [7, 11) is -4.22. The number of pyridine rings is 1. The molecule has 4 rings (SSSR count). The molecule has 2 aromatic carbocycles. The Morgan fingerprint density at radius 3 is 2.55 bits per heavy atom. The number of hydrogen-bond donors (Lipinski definition) is 0. The van der Waals surface area contributed by atoms with Crippen LogP contribution in [-0.2, 0) is 9.84 Å². The third kappa shape index (κ3) is 3.34. The first-order valence-electron chi connectivity index (χ1n) is 8.17. The maximum Gasteiger partial charge on any atom is 0.282 e. The van der Waals surface area contributed by atoms with Crippen molar-refractivity contribution in [3.8, 4) is 17.2 Å². The molecule has 0 aliphatic heterocycles. The second-order valence-corrected chi connectivity index (χ2v) is 9.70. The number of fused-ring (bicyclic) bond motifs is 1. The molecule has 0 saturated carbocycles. The van der Waals surface area contributed by atoms with Crippen LogP contribution in [0, 0.1) is 22.4 Å². The lowest BCUT2D eigenvalue weighted by Gasteiger charge is -2.07. The van der Waals surface area contributed by atoms with Crippen LogP contribution >= 0.6 is 22.9 Å². The average Bonchev–Trinajstić information content (AvgIpc) is 3.10. The molecule has 0 aliphatic carbocycles. The number of hydrogen-bond acceptors (Lipinski definition) is 5. The summed E-state index contributed by atoms with van der Waals surface area (Å²) >= 11 is 6.75. The first kappa shape index (κ1) is 19.3. The Morgan fingerprint density at radius 2 is 1.86 bits per heavy atom. The van der Waals surface area contributed by atoms with Gasteiger partial charge in [0.1, 0.15) is 10.0 Å². The molecule has 0 atom stereocenters. The minimum atomic E-state index is -4.22. The third-order valence-corrected chi connectivity index (χ3v) is 7.96. The van der Waals surface area contributed by atoms with E-state index >= 15 is 0 Å². The summed E-state index contributed by atoms with van der Waals surface area (Å²) in [5.41, 5.74) is 0.758. The van der Waals surface area contributed by atoms with Crippen LogP contribution in [0.4, 0.5) is 4.39 Å². The SMILES string of the molecule is N#Cc1cc(F)cc(S(=O)(=O)c2sc3c(ccc[n+]3[O-])c2-c2ccc(Cl)cc2)c1. The fourth-order valence-electron chi connectivity index (χ4n) is 2.98. The Labute approximate surface area is 174 Å². The standard InChI is InChI=1S/C20H10ClFN2O3S2/c21-14-5-3-13(4-6-14)18-17-2-1-7-24(25)19(17)28-20(18)29(26,27)16-9-12(11-23)8-15(22)10-16/h1-10H. The van der Waals surface area contributed by atoms with E-state index in [2.05, 4.69) is 0 Å². The minimum Gasteiger partial charge on any atom is -0.618 e. The Bertz CT molecular complexity index is 1410. The third-order valence-electron chi connectivity index (χ3n) is 4.27. The molecule has 5 nitrogen and oxygen atoms in total. The van der Waals surface area contributed by atoms with Gasteiger partial charge in [-0.15, -0.1) is 0 Å². The lowest BCUT2D eigenvalue weighted by atomic mass is 10.1. The average molecular weight is 445 g/mol. The van der Waals surface area contributed by atoms with E-state index in [1.807, 2.05) is 0 Å². The van der Waals surface area contributed by atoms with Crippen LogP contribution < -0.4 is 4.73 Å². The van der Waals surface area contributed by atoms with Gasteiger partial charge in [-0.1, -0.05) is 35.1 Å². The van der Waals surface area contributed by atoms with Gasteiger partial charge < -0.3 is 5.21 Å². The maximum atomic E-state index is 13.9. The lowest BCUT2D eigenvalue weighted by molar-refractivity contribution is -0.574. The van der Waals surface area contributed by atoms with E-state index in [4.69, 9.17) is 16.9 Å². The van der Waals surface area contributed by atoms with Crippen LogP contribution in [0.25, 0.3) is 21.3 Å². The number of aromatic nitrogens is 1. The first-order chi connectivity index (χ1) is 13.8. The highest BCUT2D eigenvalue weighted by Gasteiger charge is 2.30. The second kappa shape index (κ2) is 7.12. The van der Waals surface area contributed by atoms with Gasteiger partial charge in [0, 0.05) is 16.7 Å². The van der Waals surface area contributed by atoms with Gasteiger partial charge in [-0.05, 0) is 42.0 Å². The fraction of sp³-hybridized carbons (Fsp3) is 0. The van der Waals surface area contributed by atoms with E-state index in [9.17, 15) is 18.0 Å². The van der Waals surface area contributed by atoms with Gasteiger partial charge in [0.15, 0.2) is 6.20 Å². The molecule has 0 unspecified atom stereocenters. The maximum absolute atomic E-state index is 13.9. The zero-order chi connectivity index (χ0) is 20.8. The topological polar surface area (TPSA) is 84.9 Å². The van der Waals surface area contributed by atoms with Crippen molar-refractivity contribution in [2.45, 2.75) is 9.10 Å². The molecule has 9 heteroatoms. The highest BCUT2D eigenvalue weighted by molar-refractivity contribution is 7.93. The molecule has 0 radical (unpaired) electrons. The van der Waals surface area contributed by atoms with Crippen LogP contribution in [0.1, 0.15) is 5.56 Å². The molecule has 0 bridgehead atoms. The van der Waals surface area contributed by atoms with E-state index in [1.54, 1.807) is 36.4 Å². The molecular weight excluding hydrogens is 435 g/mol. The normalized spacial score (nSPS) is 11.5. The Kier molecular flexibility index (Phi) is 4.74. The molecule has 0 saturated heterocycles. The van der Waals surface area contributed by atoms with Gasteiger partial charge in [0.05, 0.1) is 21.9 Å². The number of nitriles is 1. The lowest BCUT2D eigenvalue weighted by Crippen LogP contribution is -2.24. The van der Waals surface area contributed by atoms with E-state index in [0.717, 1.165) is 29.5 Å². The van der Waals surface area contributed by atoms with Crippen molar-refractivity contribution in [2.75, 3.05) is 0 Å². The van der Waals surface area contributed by atoms with E-state index in [0.29, 0.717) is 26.3 Å². The summed E-state index contributed by atoms with van der Waals surface area (Å²) in [5.74, 6) is -0.837. The molecular formula is C20H10ClFN2O3S2.